The van der Waals surface area contributed by atoms with Gasteiger partial charge in [0.2, 0.25) is 5.95 Å². The van der Waals surface area contributed by atoms with Gasteiger partial charge >= 0.3 is 0 Å². The number of hydrogen-bond donors (Lipinski definition) is 2. The van der Waals surface area contributed by atoms with Gasteiger partial charge in [0, 0.05) is 42.7 Å². The Kier molecular flexibility index (Phi) is 4.52. The lowest BCUT2D eigenvalue weighted by Gasteiger charge is -2.21. The Morgan fingerprint density at radius 1 is 1.03 bits per heavy atom. The summed E-state index contributed by atoms with van der Waals surface area (Å²) in [5.41, 5.74) is 7.11. The van der Waals surface area contributed by atoms with Gasteiger partial charge < -0.3 is 10.6 Å². The van der Waals surface area contributed by atoms with Crippen molar-refractivity contribution in [3.63, 3.8) is 0 Å². The minimum Gasteiger partial charge on any atom is -0.366 e. The number of benzene rings is 2. The smallest absolute Gasteiger partial charge is 0.236 e. The first-order valence-corrected chi connectivity index (χ1v) is 10.2. The number of aromatic nitrogens is 3. The second-order valence-electron chi connectivity index (χ2n) is 7.75. The SMILES string of the molecule is Cc1ccc2c(c1)cc(C)n2-c1nc2c(c(NCc3ccccc3)n1)CNCC2. The highest BCUT2D eigenvalue weighted by Crippen LogP contribution is 2.27. The van der Waals surface area contributed by atoms with E-state index in [-0.39, 0.29) is 0 Å². The molecule has 4 aromatic rings. The van der Waals surface area contributed by atoms with Crippen molar-refractivity contribution in [2.45, 2.75) is 33.4 Å². The molecule has 1 aliphatic heterocycles. The Balaban J connectivity index is 1.60. The molecule has 1 aliphatic rings. The molecule has 0 unspecified atom stereocenters. The topological polar surface area (TPSA) is 54.8 Å². The third-order valence-electron chi connectivity index (χ3n) is 5.57. The van der Waals surface area contributed by atoms with Crippen molar-refractivity contribution in [3.05, 3.63) is 82.7 Å². The number of nitrogens with zero attached hydrogens (tertiary/aromatic N) is 3. The lowest BCUT2D eigenvalue weighted by atomic mass is 10.1. The Morgan fingerprint density at radius 3 is 2.76 bits per heavy atom. The predicted octanol–water partition coefficient (Wildman–Crippen LogP) is 4.30. The van der Waals surface area contributed by atoms with Crippen molar-refractivity contribution >= 4 is 16.7 Å². The first-order chi connectivity index (χ1) is 14.2. The van der Waals surface area contributed by atoms with Crippen LogP contribution in [0.2, 0.25) is 0 Å². The minimum atomic E-state index is 0.744. The van der Waals surface area contributed by atoms with Crippen LogP contribution in [0.15, 0.2) is 54.6 Å². The number of fused-ring (bicyclic) bond motifs is 2. The van der Waals surface area contributed by atoms with E-state index in [0.717, 1.165) is 54.7 Å². The monoisotopic (exact) mass is 383 g/mol. The van der Waals surface area contributed by atoms with Gasteiger partial charge in [-0.15, -0.1) is 0 Å². The van der Waals surface area contributed by atoms with Crippen molar-refractivity contribution in [3.8, 4) is 5.95 Å². The average Bonchev–Trinajstić information content (AvgIpc) is 3.07. The fourth-order valence-electron chi connectivity index (χ4n) is 4.10. The Bertz CT molecular complexity index is 1180. The predicted molar refractivity (Wildman–Crippen MR) is 118 cm³/mol. The van der Waals surface area contributed by atoms with Gasteiger partial charge in [0.1, 0.15) is 5.82 Å². The Morgan fingerprint density at radius 2 is 1.90 bits per heavy atom. The van der Waals surface area contributed by atoms with Crippen molar-refractivity contribution < 1.29 is 0 Å². The highest BCUT2D eigenvalue weighted by molar-refractivity contribution is 5.83. The summed E-state index contributed by atoms with van der Waals surface area (Å²) >= 11 is 0. The molecule has 0 saturated carbocycles. The van der Waals surface area contributed by atoms with E-state index in [9.17, 15) is 0 Å². The fourth-order valence-corrected chi connectivity index (χ4v) is 4.10. The molecule has 2 aromatic heterocycles. The van der Waals surface area contributed by atoms with Crippen LogP contribution in [0.25, 0.3) is 16.9 Å². The van der Waals surface area contributed by atoms with E-state index in [0.29, 0.717) is 0 Å². The molecule has 3 heterocycles. The zero-order valence-electron chi connectivity index (χ0n) is 16.9. The molecule has 0 amide bonds. The summed E-state index contributed by atoms with van der Waals surface area (Å²) in [5, 5.41) is 8.24. The molecular weight excluding hydrogens is 358 g/mol. The molecule has 0 atom stereocenters. The molecule has 0 bridgehead atoms. The zero-order valence-corrected chi connectivity index (χ0v) is 16.9. The maximum Gasteiger partial charge on any atom is 0.236 e. The molecular formula is C24H25N5. The third kappa shape index (κ3) is 3.38. The van der Waals surface area contributed by atoms with Gasteiger partial charge in [-0.1, -0.05) is 42.0 Å². The van der Waals surface area contributed by atoms with E-state index in [1.54, 1.807) is 0 Å². The Hall–Kier alpha value is -3.18. The quantitative estimate of drug-likeness (QED) is 0.552. The lowest BCUT2D eigenvalue weighted by molar-refractivity contribution is 0.624. The van der Waals surface area contributed by atoms with Crippen LogP contribution in [0, 0.1) is 13.8 Å². The largest absolute Gasteiger partial charge is 0.366 e. The van der Waals surface area contributed by atoms with E-state index in [4.69, 9.17) is 9.97 Å². The fraction of sp³-hybridized carbons (Fsp3) is 0.250. The van der Waals surface area contributed by atoms with Gasteiger partial charge in [0.15, 0.2) is 0 Å². The van der Waals surface area contributed by atoms with Gasteiger partial charge in [0.05, 0.1) is 11.2 Å². The van der Waals surface area contributed by atoms with E-state index in [1.165, 1.54) is 22.1 Å². The highest BCUT2D eigenvalue weighted by Gasteiger charge is 2.20. The lowest BCUT2D eigenvalue weighted by Crippen LogP contribution is -2.27. The number of rotatable bonds is 4. The van der Waals surface area contributed by atoms with Crippen LogP contribution in [0.3, 0.4) is 0 Å². The van der Waals surface area contributed by atoms with Crippen LogP contribution in [-0.4, -0.2) is 21.1 Å². The maximum atomic E-state index is 4.98. The summed E-state index contributed by atoms with van der Waals surface area (Å²) in [6.45, 7) is 6.74. The van der Waals surface area contributed by atoms with Gasteiger partial charge in [0.25, 0.3) is 0 Å². The van der Waals surface area contributed by atoms with E-state index < -0.39 is 0 Å². The molecule has 0 fully saturated rings. The van der Waals surface area contributed by atoms with Crippen molar-refractivity contribution in [1.82, 2.24) is 19.9 Å². The van der Waals surface area contributed by atoms with Crippen LogP contribution in [0.5, 0.6) is 0 Å². The summed E-state index contributed by atoms with van der Waals surface area (Å²) in [7, 11) is 0. The second kappa shape index (κ2) is 7.33. The molecule has 29 heavy (non-hydrogen) atoms. The second-order valence-corrected chi connectivity index (χ2v) is 7.75. The number of anilines is 1. The van der Waals surface area contributed by atoms with Crippen molar-refractivity contribution in [1.29, 1.82) is 0 Å². The van der Waals surface area contributed by atoms with Crippen LogP contribution in [0.4, 0.5) is 5.82 Å². The number of hydrogen-bond acceptors (Lipinski definition) is 4. The zero-order chi connectivity index (χ0) is 19.8. The van der Waals surface area contributed by atoms with E-state index in [2.05, 4.69) is 77.6 Å². The number of nitrogens with one attached hydrogen (secondary N) is 2. The highest BCUT2D eigenvalue weighted by atomic mass is 15.2. The normalized spacial score (nSPS) is 13.4. The van der Waals surface area contributed by atoms with Crippen LogP contribution < -0.4 is 10.6 Å². The van der Waals surface area contributed by atoms with Gasteiger partial charge in [-0.2, -0.15) is 4.98 Å². The summed E-state index contributed by atoms with van der Waals surface area (Å²) < 4.78 is 2.17. The average molecular weight is 383 g/mol. The van der Waals surface area contributed by atoms with Crippen LogP contribution >= 0.6 is 0 Å². The molecule has 2 aromatic carbocycles. The molecule has 0 spiro atoms. The van der Waals surface area contributed by atoms with Crippen molar-refractivity contribution in [2.75, 3.05) is 11.9 Å². The summed E-state index contributed by atoms with van der Waals surface area (Å²) in [4.78, 5) is 9.95. The standard InChI is InChI=1S/C24H25N5/c1-16-8-9-22-19(12-16)13-17(2)29(22)24-27-21-10-11-25-15-20(21)23(28-24)26-14-18-6-4-3-5-7-18/h3-9,12-13,25H,10-11,14-15H2,1-2H3,(H,26,27,28). The maximum absolute atomic E-state index is 4.98. The van der Waals surface area contributed by atoms with Gasteiger partial charge in [-0.05, 0) is 37.6 Å². The summed E-state index contributed by atoms with van der Waals surface area (Å²) in [6.07, 6.45) is 0.919. The Labute approximate surface area is 170 Å². The van der Waals surface area contributed by atoms with Gasteiger partial charge in [-0.3, -0.25) is 4.57 Å². The minimum absolute atomic E-state index is 0.744. The molecule has 5 heteroatoms. The van der Waals surface area contributed by atoms with Gasteiger partial charge in [-0.25, -0.2) is 4.98 Å². The first-order valence-electron chi connectivity index (χ1n) is 10.2. The van der Waals surface area contributed by atoms with Crippen LogP contribution in [0.1, 0.15) is 28.1 Å². The molecule has 5 rings (SSSR count). The third-order valence-corrected chi connectivity index (χ3v) is 5.57. The molecule has 0 saturated heterocycles. The van der Waals surface area contributed by atoms with E-state index in [1.807, 2.05) is 6.07 Å². The summed E-state index contributed by atoms with van der Waals surface area (Å²) in [5.74, 6) is 1.67. The van der Waals surface area contributed by atoms with E-state index >= 15 is 0 Å². The number of aryl methyl sites for hydroxylation is 2. The van der Waals surface area contributed by atoms with Crippen molar-refractivity contribution in [2.24, 2.45) is 0 Å². The molecule has 146 valence electrons. The van der Waals surface area contributed by atoms with Crippen LogP contribution in [-0.2, 0) is 19.5 Å². The summed E-state index contributed by atoms with van der Waals surface area (Å²) in [6, 6.07) is 19.2. The molecule has 0 aliphatic carbocycles. The first kappa shape index (κ1) is 17.9. The molecule has 0 radical (unpaired) electrons. The molecule has 5 nitrogen and oxygen atoms in total. The molecule has 2 N–H and O–H groups in total.